The first-order valence-corrected chi connectivity index (χ1v) is 7.72. The molecule has 134 valence electrons. The SMILES string of the molecule is COC(=O)C1=C(C)NC(=O)NC1c1cccc(OC(=O)c2ccco2)c1. The maximum Gasteiger partial charge on any atom is 0.379 e. The van der Waals surface area contributed by atoms with Crippen LogP contribution in [0.3, 0.4) is 0 Å². The Bertz CT molecular complexity index is 885. The number of hydrogen-bond acceptors (Lipinski definition) is 6. The van der Waals surface area contributed by atoms with Gasteiger partial charge < -0.3 is 24.5 Å². The number of urea groups is 1. The highest BCUT2D eigenvalue weighted by atomic mass is 16.5. The molecule has 26 heavy (non-hydrogen) atoms. The fourth-order valence-corrected chi connectivity index (χ4v) is 2.63. The lowest BCUT2D eigenvalue weighted by atomic mass is 9.95. The highest BCUT2D eigenvalue weighted by Gasteiger charge is 2.32. The van der Waals surface area contributed by atoms with Gasteiger partial charge in [-0.25, -0.2) is 14.4 Å². The first kappa shape index (κ1) is 17.3. The second kappa shape index (κ2) is 7.14. The van der Waals surface area contributed by atoms with Crippen LogP contribution in [0.1, 0.15) is 29.1 Å². The first-order chi connectivity index (χ1) is 12.5. The van der Waals surface area contributed by atoms with Gasteiger partial charge in [0.15, 0.2) is 0 Å². The van der Waals surface area contributed by atoms with E-state index in [0.717, 1.165) is 0 Å². The fraction of sp³-hybridized carbons (Fsp3) is 0.167. The average molecular weight is 356 g/mol. The lowest BCUT2D eigenvalue weighted by Crippen LogP contribution is -2.45. The number of methoxy groups -OCH3 is 1. The monoisotopic (exact) mass is 356 g/mol. The number of amides is 2. The lowest BCUT2D eigenvalue weighted by Gasteiger charge is -2.28. The molecule has 2 N–H and O–H groups in total. The van der Waals surface area contributed by atoms with Gasteiger partial charge in [-0.2, -0.15) is 0 Å². The van der Waals surface area contributed by atoms with E-state index in [2.05, 4.69) is 10.6 Å². The van der Waals surface area contributed by atoms with Crippen LogP contribution in [0.2, 0.25) is 0 Å². The van der Waals surface area contributed by atoms with E-state index in [1.165, 1.54) is 19.4 Å². The number of carbonyl (C=O) groups excluding carboxylic acids is 3. The van der Waals surface area contributed by atoms with Crippen molar-refractivity contribution >= 4 is 18.0 Å². The van der Waals surface area contributed by atoms with E-state index in [0.29, 0.717) is 11.3 Å². The highest BCUT2D eigenvalue weighted by Crippen LogP contribution is 2.29. The van der Waals surface area contributed by atoms with Gasteiger partial charge in [-0.05, 0) is 36.8 Å². The van der Waals surface area contributed by atoms with E-state index in [4.69, 9.17) is 13.9 Å². The fourth-order valence-electron chi connectivity index (χ4n) is 2.63. The molecule has 0 aliphatic carbocycles. The smallest absolute Gasteiger partial charge is 0.379 e. The Kier molecular flexibility index (Phi) is 4.74. The zero-order valence-electron chi connectivity index (χ0n) is 14.1. The Morgan fingerprint density at radius 3 is 2.65 bits per heavy atom. The molecule has 1 aliphatic heterocycles. The predicted molar refractivity (Wildman–Crippen MR) is 89.2 cm³/mol. The minimum Gasteiger partial charge on any atom is -0.466 e. The number of benzene rings is 1. The summed E-state index contributed by atoms with van der Waals surface area (Å²) in [5, 5.41) is 5.21. The summed E-state index contributed by atoms with van der Waals surface area (Å²) in [6.45, 7) is 1.61. The number of furan rings is 1. The van der Waals surface area contributed by atoms with Gasteiger partial charge in [0.25, 0.3) is 0 Å². The Labute approximate surface area is 148 Å². The second-order valence-corrected chi connectivity index (χ2v) is 5.50. The van der Waals surface area contributed by atoms with Crippen LogP contribution < -0.4 is 15.4 Å². The third-order valence-corrected chi connectivity index (χ3v) is 3.80. The number of carbonyl (C=O) groups is 3. The number of rotatable bonds is 4. The van der Waals surface area contributed by atoms with Crippen molar-refractivity contribution in [2.24, 2.45) is 0 Å². The van der Waals surface area contributed by atoms with Crippen LogP contribution in [0.5, 0.6) is 5.75 Å². The van der Waals surface area contributed by atoms with Crippen molar-refractivity contribution in [1.82, 2.24) is 10.6 Å². The lowest BCUT2D eigenvalue weighted by molar-refractivity contribution is -0.136. The molecular weight excluding hydrogens is 340 g/mol. The Morgan fingerprint density at radius 2 is 1.96 bits per heavy atom. The number of hydrogen-bond donors (Lipinski definition) is 2. The summed E-state index contributed by atoms with van der Waals surface area (Å²) < 4.78 is 15.1. The van der Waals surface area contributed by atoms with Gasteiger partial charge in [0.05, 0.1) is 25.0 Å². The maximum absolute atomic E-state index is 12.1. The van der Waals surface area contributed by atoms with Gasteiger partial charge in [-0.1, -0.05) is 12.1 Å². The van der Waals surface area contributed by atoms with Gasteiger partial charge in [0, 0.05) is 5.70 Å². The van der Waals surface area contributed by atoms with E-state index in [1.54, 1.807) is 37.3 Å². The van der Waals surface area contributed by atoms with Crippen LogP contribution in [0.15, 0.2) is 58.3 Å². The molecule has 1 aromatic heterocycles. The number of nitrogens with one attached hydrogen (secondary N) is 2. The molecule has 1 aromatic carbocycles. The first-order valence-electron chi connectivity index (χ1n) is 7.72. The molecule has 1 atom stereocenters. The highest BCUT2D eigenvalue weighted by molar-refractivity contribution is 5.95. The minimum absolute atomic E-state index is 0.0663. The molecule has 8 nitrogen and oxygen atoms in total. The quantitative estimate of drug-likeness (QED) is 0.643. The van der Waals surface area contributed by atoms with Gasteiger partial charge in [-0.3, -0.25) is 0 Å². The zero-order valence-corrected chi connectivity index (χ0v) is 14.1. The Balaban J connectivity index is 1.91. The summed E-state index contributed by atoms with van der Waals surface area (Å²) in [7, 11) is 1.26. The zero-order chi connectivity index (χ0) is 18.7. The number of allylic oxidation sites excluding steroid dienone is 1. The molecule has 0 bridgehead atoms. The molecule has 2 heterocycles. The molecule has 2 aromatic rings. The molecule has 0 spiro atoms. The molecule has 0 radical (unpaired) electrons. The Hall–Kier alpha value is -3.55. The molecule has 1 unspecified atom stereocenters. The molecule has 3 rings (SSSR count). The third kappa shape index (κ3) is 3.44. The molecule has 0 saturated heterocycles. The predicted octanol–water partition coefficient (Wildman–Crippen LogP) is 2.30. The van der Waals surface area contributed by atoms with Crippen molar-refractivity contribution in [3.63, 3.8) is 0 Å². The molecule has 8 heteroatoms. The van der Waals surface area contributed by atoms with Crippen molar-refractivity contribution in [3.8, 4) is 5.75 Å². The van der Waals surface area contributed by atoms with Crippen molar-refractivity contribution in [2.45, 2.75) is 13.0 Å². The summed E-state index contributed by atoms with van der Waals surface area (Å²) in [6, 6.07) is 8.38. The summed E-state index contributed by atoms with van der Waals surface area (Å²) in [5.41, 5.74) is 1.22. The van der Waals surface area contributed by atoms with Gasteiger partial charge in [0.2, 0.25) is 5.76 Å². The normalized spacial score (nSPS) is 16.5. The van der Waals surface area contributed by atoms with Crippen molar-refractivity contribution in [2.75, 3.05) is 7.11 Å². The van der Waals surface area contributed by atoms with E-state index < -0.39 is 24.0 Å². The van der Waals surface area contributed by atoms with E-state index in [-0.39, 0.29) is 17.1 Å². The molecule has 0 fully saturated rings. The van der Waals surface area contributed by atoms with Crippen LogP contribution in [-0.2, 0) is 9.53 Å². The summed E-state index contributed by atoms with van der Waals surface area (Å²) in [4.78, 5) is 35.9. The van der Waals surface area contributed by atoms with E-state index >= 15 is 0 Å². The maximum atomic E-state index is 12.1. The second-order valence-electron chi connectivity index (χ2n) is 5.50. The van der Waals surface area contributed by atoms with Gasteiger partial charge in [0.1, 0.15) is 5.75 Å². The standard InChI is InChI=1S/C18H16N2O6/c1-10-14(17(22)24-2)15(20-18(23)19-10)11-5-3-6-12(9-11)26-16(21)13-7-4-8-25-13/h3-9,15H,1-2H3,(H2,19,20,23). The van der Waals surface area contributed by atoms with Crippen LogP contribution in [-0.4, -0.2) is 25.1 Å². The average Bonchev–Trinajstić information content (AvgIpc) is 3.15. The van der Waals surface area contributed by atoms with Crippen molar-refractivity contribution in [1.29, 1.82) is 0 Å². The van der Waals surface area contributed by atoms with Crippen molar-refractivity contribution < 1.29 is 28.3 Å². The molecular formula is C18H16N2O6. The number of esters is 2. The van der Waals surface area contributed by atoms with E-state index in [9.17, 15) is 14.4 Å². The molecule has 2 amide bonds. The topological polar surface area (TPSA) is 107 Å². The van der Waals surface area contributed by atoms with Crippen molar-refractivity contribution in [3.05, 3.63) is 65.3 Å². The van der Waals surface area contributed by atoms with Gasteiger partial charge in [-0.15, -0.1) is 0 Å². The van der Waals surface area contributed by atoms with Crippen LogP contribution in [0.25, 0.3) is 0 Å². The van der Waals surface area contributed by atoms with Crippen LogP contribution in [0, 0.1) is 0 Å². The van der Waals surface area contributed by atoms with Crippen LogP contribution in [0.4, 0.5) is 4.79 Å². The van der Waals surface area contributed by atoms with Crippen LogP contribution >= 0.6 is 0 Å². The van der Waals surface area contributed by atoms with Gasteiger partial charge >= 0.3 is 18.0 Å². The third-order valence-electron chi connectivity index (χ3n) is 3.80. The summed E-state index contributed by atoms with van der Waals surface area (Å²) >= 11 is 0. The molecule has 1 aliphatic rings. The molecule has 0 saturated carbocycles. The Morgan fingerprint density at radius 1 is 1.15 bits per heavy atom. The van der Waals surface area contributed by atoms with E-state index in [1.807, 2.05) is 0 Å². The number of ether oxygens (including phenoxy) is 2. The largest absolute Gasteiger partial charge is 0.466 e. The summed E-state index contributed by atoms with van der Waals surface area (Å²) in [5.74, 6) is -0.908. The minimum atomic E-state index is -0.738. The summed E-state index contributed by atoms with van der Waals surface area (Å²) in [6.07, 6.45) is 1.37.